The molecule has 1 N–H and O–H groups in total. The Morgan fingerprint density at radius 2 is 1.96 bits per heavy atom. The lowest BCUT2D eigenvalue weighted by molar-refractivity contribution is 0.0953. The van der Waals surface area contributed by atoms with Gasteiger partial charge in [-0.2, -0.15) is 5.10 Å². The minimum absolute atomic E-state index is 0.0194. The van der Waals surface area contributed by atoms with Gasteiger partial charge in [0, 0.05) is 15.7 Å². The van der Waals surface area contributed by atoms with Crippen LogP contribution in [0, 0.1) is 0 Å². The van der Waals surface area contributed by atoms with Gasteiger partial charge in [0.15, 0.2) is 0 Å². The first kappa shape index (κ1) is 19.1. The van der Waals surface area contributed by atoms with Gasteiger partial charge in [0.05, 0.1) is 12.8 Å². The van der Waals surface area contributed by atoms with Crippen LogP contribution >= 0.6 is 27.5 Å². The summed E-state index contributed by atoms with van der Waals surface area (Å²) in [5, 5.41) is 4.51. The maximum atomic E-state index is 12.6. The molecule has 7 heteroatoms. The van der Waals surface area contributed by atoms with Crippen molar-refractivity contribution in [3.8, 4) is 0 Å². The van der Waals surface area contributed by atoms with Crippen LogP contribution in [0.25, 0.3) is 0 Å². The van der Waals surface area contributed by atoms with Crippen molar-refractivity contribution < 1.29 is 4.79 Å². The van der Waals surface area contributed by atoms with E-state index >= 15 is 0 Å². The van der Waals surface area contributed by atoms with Crippen LogP contribution in [0.3, 0.4) is 0 Å². The molecule has 136 valence electrons. The normalized spacial score (nSPS) is 10.9. The van der Waals surface area contributed by atoms with E-state index in [1.54, 1.807) is 24.4 Å². The largest absolute Gasteiger partial charge is 0.310 e. The van der Waals surface area contributed by atoms with Crippen LogP contribution in [0.2, 0.25) is 5.02 Å². The number of nitrogens with zero attached hydrogens (tertiary/aromatic N) is 2. The van der Waals surface area contributed by atoms with E-state index in [1.165, 1.54) is 16.8 Å². The van der Waals surface area contributed by atoms with E-state index < -0.39 is 11.5 Å². The average molecular weight is 445 g/mol. The minimum atomic E-state index is -0.563. The summed E-state index contributed by atoms with van der Waals surface area (Å²) in [5.74, 6) is -0.563. The van der Waals surface area contributed by atoms with Crippen molar-refractivity contribution in [1.82, 2.24) is 9.99 Å². The van der Waals surface area contributed by atoms with E-state index in [9.17, 15) is 9.59 Å². The van der Waals surface area contributed by atoms with Gasteiger partial charge in [0.25, 0.3) is 11.5 Å². The highest BCUT2D eigenvalue weighted by Gasteiger charge is 2.11. The number of pyridine rings is 1. The summed E-state index contributed by atoms with van der Waals surface area (Å²) in [7, 11) is 0. The molecule has 27 heavy (non-hydrogen) atoms. The Balaban J connectivity index is 1.74. The van der Waals surface area contributed by atoms with Crippen molar-refractivity contribution in [2.45, 2.75) is 6.54 Å². The van der Waals surface area contributed by atoms with Gasteiger partial charge in [-0.05, 0) is 47.5 Å². The number of benzene rings is 2. The molecule has 0 saturated carbocycles. The molecule has 1 aromatic heterocycles. The van der Waals surface area contributed by atoms with Gasteiger partial charge in [-0.3, -0.25) is 9.59 Å². The smallest absolute Gasteiger partial charge is 0.276 e. The molecule has 0 aliphatic carbocycles. The van der Waals surface area contributed by atoms with Crippen LogP contribution < -0.4 is 11.0 Å². The van der Waals surface area contributed by atoms with Crippen LogP contribution in [-0.4, -0.2) is 16.7 Å². The molecule has 0 aliphatic heterocycles. The molecular formula is C20H15BrClN3O2. The highest BCUT2D eigenvalue weighted by atomic mass is 79.9. The van der Waals surface area contributed by atoms with Gasteiger partial charge in [-0.1, -0.05) is 51.8 Å². The highest BCUT2D eigenvalue weighted by Crippen LogP contribution is 2.11. The Kier molecular flexibility index (Phi) is 6.21. The Labute approximate surface area is 169 Å². The van der Waals surface area contributed by atoms with Crippen LogP contribution in [0.15, 0.2) is 81.2 Å². The number of rotatable bonds is 5. The van der Waals surface area contributed by atoms with Gasteiger partial charge in [-0.25, -0.2) is 5.43 Å². The van der Waals surface area contributed by atoms with Gasteiger partial charge in [-0.15, -0.1) is 0 Å². The fourth-order valence-corrected chi connectivity index (χ4v) is 3.11. The maximum absolute atomic E-state index is 12.6. The summed E-state index contributed by atoms with van der Waals surface area (Å²) in [4.78, 5) is 24.9. The summed E-state index contributed by atoms with van der Waals surface area (Å²) in [6, 6.07) is 17.8. The molecule has 0 radical (unpaired) electrons. The zero-order valence-corrected chi connectivity index (χ0v) is 16.4. The highest BCUT2D eigenvalue weighted by molar-refractivity contribution is 9.10. The predicted octanol–water partition coefficient (Wildman–Crippen LogP) is 4.08. The number of amides is 1. The number of hydrogen-bond donors (Lipinski definition) is 1. The summed E-state index contributed by atoms with van der Waals surface area (Å²) < 4.78 is 2.36. The molecule has 0 aliphatic rings. The van der Waals surface area contributed by atoms with Crippen molar-refractivity contribution in [1.29, 1.82) is 0 Å². The fraction of sp³-hybridized carbons (Fsp3) is 0.0500. The molecule has 0 atom stereocenters. The molecule has 3 rings (SSSR count). The minimum Gasteiger partial charge on any atom is -0.310 e. The van der Waals surface area contributed by atoms with Gasteiger partial charge in [0.1, 0.15) is 5.56 Å². The lowest BCUT2D eigenvalue weighted by Crippen LogP contribution is -2.30. The summed E-state index contributed by atoms with van der Waals surface area (Å²) in [6.45, 7) is 0.321. The standard InChI is InChI=1S/C20H15BrClN3O2/c21-16-6-1-4-14(10-16)12-23-24-19(26)18-8-3-9-25(20(18)27)13-15-5-2-7-17(22)11-15/h1-12H,13H2,(H,24,26)/b23-12-. The second-order valence-corrected chi connectivity index (χ2v) is 7.09. The number of hydrazone groups is 1. The number of halogens is 2. The van der Waals surface area contributed by atoms with Crippen molar-refractivity contribution in [3.63, 3.8) is 0 Å². The quantitative estimate of drug-likeness (QED) is 0.476. The zero-order valence-electron chi connectivity index (χ0n) is 14.1. The van der Waals surface area contributed by atoms with Crippen LogP contribution in [-0.2, 0) is 6.54 Å². The van der Waals surface area contributed by atoms with Gasteiger partial charge in [0.2, 0.25) is 0 Å². The summed E-state index contributed by atoms with van der Waals surface area (Å²) in [5.41, 5.74) is 3.70. The van der Waals surface area contributed by atoms with Crippen LogP contribution in [0.4, 0.5) is 0 Å². The second-order valence-electron chi connectivity index (χ2n) is 5.74. The van der Waals surface area contributed by atoms with E-state index in [1.807, 2.05) is 36.4 Å². The van der Waals surface area contributed by atoms with Crippen molar-refractivity contribution in [2.24, 2.45) is 5.10 Å². The lowest BCUT2D eigenvalue weighted by atomic mass is 10.2. The van der Waals surface area contributed by atoms with E-state index in [2.05, 4.69) is 26.5 Å². The zero-order chi connectivity index (χ0) is 19.2. The summed E-state index contributed by atoms with van der Waals surface area (Å²) in [6.07, 6.45) is 3.14. The third-order valence-corrected chi connectivity index (χ3v) is 4.46. The molecule has 5 nitrogen and oxygen atoms in total. The van der Waals surface area contributed by atoms with Gasteiger partial charge < -0.3 is 4.57 Å². The SMILES string of the molecule is O=C(N/N=C\c1cccc(Br)c1)c1cccn(Cc2cccc(Cl)c2)c1=O. The maximum Gasteiger partial charge on any atom is 0.276 e. The molecule has 0 spiro atoms. The monoisotopic (exact) mass is 443 g/mol. The number of carbonyl (C=O) groups excluding carboxylic acids is 1. The van der Waals surface area contributed by atoms with Crippen LogP contribution in [0.1, 0.15) is 21.5 Å². The number of carbonyl (C=O) groups is 1. The Morgan fingerprint density at radius 3 is 2.74 bits per heavy atom. The predicted molar refractivity (Wildman–Crippen MR) is 110 cm³/mol. The van der Waals surface area contributed by atoms with E-state index in [0.29, 0.717) is 11.6 Å². The Hall–Kier alpha value is -2.70. The molecule has 0 bridgehead atoms. The first-order chi connectivity index (χ1) is 13.0. The first-order valence-electron chi connectivity index (χ1n) is 8.06. The molecule has 0 fully saturated rings. The number of hydrogen-bond acceptors (Lipinski definition) is 3. The Morgan fingerprint density at radius 1 is 1.15 bits per heavy atom. The fourth-order valence-electron chi connectivity index (χ4n) is 2.48. The number of aromatic nitrogens is 1. The second kappa shape index (κ2) is 8.79. The Bertz CT molecular complexity index is 1060. The molecular weight excluding hydrogens is 430 g/mol. The van der Waals surface area contributed by atoms with E-state index in [-0.39, 0.29) is 5.56 Å². The van der Waals surface area contributed by atoms with Gasteiger partial charge >= 0.3 is 0 Å². The average Bonchev–Trinajstić information content (AvgIpc) is 2.63. The van der Waals surface area contributed by atoms with Crippen molar-refractivity contribution in [2.75, 3.05) is 0 Å². The van der Waals surface area contributed by atoms with Crippen molar-refractivity contribution >= 4 is 39.7 Å². The number of nitrogens with one attached hydrogen (secondary N) is 1. The first-order valence-corrected chi connectivity index (χ1v) is 9.23. The summed E-state index contributed by atoms with van der Waals surface area (Å²) >= 11 is 9.35. The van der Waals surface area contributed by atoms with Crippen molar-refractivity contribution in [3.05, 3.63) is 103 Å². The molecule has 2 aromatic carbocycles. The molecule has 0 unspecified atom stereocenters. The van der Waals surface area contributed by atoms with E-state index in [0.717, 1.165) is 15.6 Å². The third kappa shape index (κ3) is 5.15. The lowest BCUT2D eigenvalue weighted by Gasteiger charge is -2.08. The molecule has 1 amide bonds. The molecule has 1 heterocycles. The topological polar surface area (TPSA) is 63.5 Å². The molecule has 3 aromatic rings. The van der Waals surface area contributed by atoms with E-state index in [4.69, 9.17) is 11.6 Å². The third-order valence-electron chi connectivity index (χ3n) is 3.74. The molecule has 0 saturated heterocycles. The van der Waals surface area contributed by atoms with Crippen LogP contribution in [0.5, 0.6) is 0 Å².